The van der Waals surface area contributed by atoms with Crippen LogP contribution in [0.5, 0.6) is 5.75 Å². The number of sulfonamides is 1. The molecule has 21 heavy (non-hydrogen) atoms. The smallest absolute Gasteiger partial charge is 0.268 e. The van der Waals surface area contributed by atoms with Crippen molar-refractivity contribution in [2.75, 3.05) is 5.32 Å². The monoisotopic (exact) mass is 312 g/mol. The van der Waals surface area contributed by atoms with Gasteiger partial charge in [0.15, 0.2) is 5.60 Å². The highest BCUT2D eigenvalue weighted by Gasteiger charge is 2.36. The van der Waals surface area contributed by atoms with E-state index in [4.69, 9.17) is 4.74 Å². The number of ether oxygens (including phenoxy) is 1. The number of fused-ring (bicyclic) bond motifs is 1. The van der Waals surface area contributed by atoms with E-state index in [1.165, 1.54) is 18.2 Å². The maximum absolute atomic E-state index is 12.3. The van der Waals surface area contributed by atoms with Crippen LogP contribution in [-0.2, 0) is 14.8 Å². The highest BCUT2D eigenvalue weighted by molar-refractivity contribution is 7.89. The lowest BCUT2D eigenvalue weighted by atomic mass is 10.1. The summed E-state index contributed by atoms with van der Waals surface area (Å²) in [5, 5.41) is 2.70. The molecule has 0 radical (unpaired) electrons. The molecule has 1 aliphatic rings. The van der Waals surface area contributed by atoms with Gasteiger partial charge >= 0.3 is 0 Å². The molecule has 2 rings (SSSR count). The summed E-state index contributed by atoms with van der Waals surface area (Å²) in [4.78, 5) is 11.9. The highest BCUT2D eigenvalue weighted by atomic mass is 32.2. The molecule has 0 aliphatic carbocycles. The summed E-state index contributed by atoms with van der Waals surface area (Å²) in [6.07, 6.45) is 0.698. The van der Waals surface area contributed by atoms with Crippen molar-refractivity contribution in [3.8, 4) is 5.75 Å². The van der Waals surface area contributed by atoms with E-state index in [-0.39, 0.29) is 16.8 Å². The second-order valence-electron chi connectivity index (χ2n) is 5.66. The number of carbonyl (C=O) groups is 1. The fraction of sp³-hybridized carbons (Fsp3) is 0.500. The third kappa shape index (κ3) is 3.19. The molecule has 116 valence electrons. The number of amides is 1. The summed E-state index contributed by atoms with van der Waals surface area (Å²) in [5.41, 5.74) is -0.554. The van der Waals surface area contributed by atoms with Crippen molar-refractivity contribution in [1.29, 1.82) is 0 Å². The van der Waals surface area contributed by atoms with E-state index < -0.39 is 15.6 Å². The van der Waals surface area contributed by atoms with E-state index in [0.29, 0.717) is 17.9 Å². The van der Waals surface area contributed by atoms with E-state index in [1.807, 2.05) is 6.92 Å². The molecular weight excluding hydrogens is 292 g/mol. The van der Waals surface area contributed by atoms with Crippen LogP contribution in [0.1, 0.15) is 34.1 Å². The lowest BCUT2D eigenvalue weighted by Crippen LogP contribution is -2.45. The Hall–Kier alpha value is -1.60. The minimum atomic E-state index is -3.60. The van der Waals surface area contributed by atoms with Crippen LogP contribution < -0.4 is 14.8 Å². The second kappa shape index (κ2) is 5.31. The van der Waals surface area contributed by atoms with Crippen molar-refractivity contribution in [2.45, 2.75) is 50.7 Å². The largest absolute Gasteiger partial charge is 0.476 e. The molecule has 1 atom stereocenters. The molecule has 0 saturated carbocycles. The summed E-state index contributed by atoms with van der Waals surface area (Å²) in [6.45, 7) is 6.96. The molecule has 1 aromatic carbocycles. The Balaban J connectivity index is 2.36. The molecule has 1 heterocycles. The molecule has 6 nitrogen and oxygen atoms in total. The molecule has 0 unspecified atom stereocenters. The molecular formula is C14H20N2O4S. The number of anilines is 1. The van der Waals surface area contributed by atoms with Gasteiger partial charge in [0, 0.05) is 12.1 Å². The van der Waals surface area contributed by atoms with Gasteiger partial charge in [-0.3, -0.25) is 4.79 Å². The Morgan fingerprint density at radius 2 is 2.05 bits per heavy atom. The minimum absolute atomic E-state index is 0.119. The van der Waals surface area contributed by atoms with E-state index in [2.05, 4.69) is 10.0 Å². The Bertz CT molecular complexity index is 668. The normalized spacial score (nSPS) is 18.4. The zero-order valence-corrected chi connectivity index (χ0v) is 13.4. The molecule has 0 bridgehead atoms. The number of hydrogen-bond donors (Lipinski definition) is 2. The molecule has 1 amide bonds. The van der Waals surface area contributed by atoms with Crippen LogP contribution in [0.3, 0.4) is 0 Å². The van der Waals surface area contributed by atoms with Gasteiger partial charge in [-0.2, -0.15) is 0 Å². The maximum Gasteiger partial charge on any atom is 0.268 e. The summed E-state index contributed by atoms with van der Waals surface area (Å²) in [5.74, 6) is 0.0926. The molecule has 0 fully saturated rings. The molecule has 1 aromatic rings. The maximum atomic E-state index is 12.3. The Morgan fingerprint density at radius 3 is 2.67 bits per heavy atom. The van der Waals surface area contributed by atoms with Crippen LogP contribution in [0.25, 0.3) is 0 Å². The van der Waals surface area contributed by atoms with Gasteiger partial charge in [-0.1, -0.05) is 6.92 Å². The van der Waals surface area contributed by atoms with E-state index in [9.17, 15) is 13.2 Å². The summed E-state index contributed by atoms with van der Waals surface area (Å²) >= 11 is 0. The fourth-order valence-electron chi connectivity index (χ4n) is 1.87. The first-order valence-corrected chi connectivity index (χ1v) is 8.31. The number of rotatable bonds is 4. The van der Waals surface area contributed by atoms with Crippen molar-refractivity contribution in [3.63, 3.8) is 0 Å². The Labute approximate surface area is 124 Å². The molecule has 1 aliphatic heterocycles. The first-order chi connectivity index (χ1) is 9.65. The average Bonchev–Trinajstić information content (AvgIpc) is 2.38. The zero-order chi connectivity index (χ0) is 15.8. The summed E-state index contributed by atoms with van der Waals surface area (Å²) in [7, 11) is -3.60. The molecule has 0 spiro atoms. The number of hydrogen-bond acceptors (Lipinski definition) is 4. The lowest BCUT2D eigenvalue weighted by molar-refractivity contribution is -0.129. The molecule has 0 saturated heterocycles. The number of carbonyl (C=O) groups excluding carboxylic acids is 1. The SMILES string of the molecule is CC[C@H](C)NS(=O)(=O)c1ccc2c(c1)OC(C)(C)C(=O)N2. The van der Waals surface area contributed by atoms with Gasteiger partial charge in [0.2, 0.25) is 10.0 Å². The van der Waals surface area contributed by atoms with E-state index in [1.54, 1.807) is 20.8 Å². The van der Waals surface area contributed by atoms with Gasteiger partial charge in [0.05, 0.1) is 10.6 Å². The van der Waals surface area contributed by atoms with Crippen molar-refractivity contribution in [2.24, 2.45) is 0 Å². The first-order valence-electron chi connectivity index (χ1n) is 6.82. The predicted octanol–water partition coefficient (Wildman–Crippen LogP) is 1.87. The highest BCUT2D eigenvalue weighted by Crippen LogP contribution is 2.35. The van der Waals surface area contributed by atoms with Gasteiger partial charge in [0.1, 0.15) is 5.75 Å². The topological polar surface area (TPSA) is 84.5 Å². The van der Waals surface area contributed by atoms with Crippen molar-refractivity contribution < 1.29 is 17.9 Å². The second-order valence-corrected chi connectivity index (χ2v) is 7.37. The average molecular weight is 312 g/mol. The van der Waals surface area contributed by atoms with Crippen molar-refractivity contribution in [1.82, 2.24) is 4.72 Å². The van der Waals surface area contributed by atoms with Gasteiger partial charge < -0.3 is 10.1 Å². The zero-order valence-electron chi connectivity index (χ0n) is 12.6. The quantitative estimate of drug-likeness (QED) is 0.889. The van der Waals surface area contributed by atoms with Gasteiger partial charge in [-0.15, -0.1) is 0 Å². The minimum Gasteiger partial charge on any atom is -0.476 e. The van der Waals surface area contributed by atoms with Crippen molar-refractivity contribution >= 4 is 21.6 Å². The Morgan fingerprint density at radius 1 is 1.38 bits per heavy atom. The standard InChI is InChI=1S/C14H20N2O4S/c1-5-9(2)16-21(18,19)10-6-7-11-12(8-10)20-14(3,4)13(17)15-11/h6-9,16H,5H2,1-4H3,(H,15,17)/t9-/m0/s1. The van der Waals surface area contributed by atoms with Crippen LogP contribution >= 0.6 is 0 Å². The van der Waals surface area contributed by atoms with Gasteiger partial charge in [-0.05, 0) is 39.3 Å². The summed E-state index contributed by atoms with van der Waals surface area (Å²) < 4.78 is 32.7. The van der Waals surface area contributed by atoms with Crippen LogP contribution in [0.15, 0.2) is 23.1 Å². The molecule has 2 N–H and O–H groups in total. The van der Waals surface area contributed by atoms with Crippen LogP contribution in [0.4, 0.5) is 5.69 Å². The van der Waals surface area contributed by atoms with Gasteiger partial charge in [-0.25, -0.2) is 13.1 Å². The first kappa shape index (κ1) is 15.8. The van der Waals surface area contributed by atoms with Gasteiger partial charge in [0.25, 0.3) is 5.91 Å². The summed E-state index contributed by atoms with van der Waals surface area (Å²) in [6, 6.07) is 4.27. The number of nitrogens with one attached hydrogen (secondary N) is 2. The van der Waals surface area contributed by atoms with E-state index >= 15 is 0 Å². The van der Waals surface area contributed by atoms with Crippen molar-refractivity contribution in [3.05, 3.63) is 18.2 Å². The number of benzene rings is 1. The molecule has 7 heteroatoms. The van der Waals surface area contributed by atoms with Crippen LogP contribution in [0, 0.1) is 0 Å². The third-order valence-electron chi connectivity index (χ3n) is 3.39. The Kier molecular flexibility index (Phi) is 3.99. The predicted molar refractivity (Wildman–Crippen MR) is 79.9 cm³/mol. The van der Waals surface area contributed by atoms with E-state index in [0.717, 1.165) is 0 Å². The molecule has 0 aromatic heterocycles. The fourth-order valence-corrected chi connectivity index (χ4v) is 3.21. The van der Waals surface area contributed by atoms with Crippen LogP contribution in [-0.4, -0.2) is 26.0 Å². The third-order valence-corrected chi connectivity index (χ3v) is 4.98. The van der Waals surface area contributed by atoms with Crippen LogP contribution in [0.2, 0.25) is 0 Å². The lowest BCUT2D eigenvalue weighted by Gasteiger charge is -2.31.